The van der Waals surface area contributed by atoms with Crippen LogP contribution in [0.15, 0.2) is 84.9 Å². The van der Waals surface area contributed by atoms with E-state index in [9.17, 15) is 18.0 Å². The standard InChI is InChI=1S/C25H25NO7S/c1-34(29,30)33-22-14-12-19(13-15-22)16-23(24(27)31-17-20-8-4-2-5-9-20)26-25(28)32-18-21-10-6-3-7-11-21/h2-15,23H,16-18H2,1H3,(H,26,28)/t23-/m0/s1. The molecule has 8 nitrogen and oxygen atoms in total. The third kappa shape index (κ3) is 8.59. The first-order chi connectivity index (χ1) is 16.3. The number of nitrogens with one attached hydrogen (secondary N) is 1. The van der Waals surface area contributed by atoms with Gasteiger partial charge in [-0.2, -0.15) is 8.42 Å². The van der Waals surface area contributed by atoms with Crippen LogP contribution in [0.3, 0.4) is 0 Å². The molecule has 1 N–H and O–H groups in total. The number of esters is 1. The van der Waals surface area contributed by atoms with Crippen molar-refractivity contribution in [1.82, 2.24) is 5.32 Å². The van der Waals surface area contributed by atoms with Gasteiger partial charge in [-0.3, -0.25) is 0 Å². The summed E-state index contributed by atoms with van der Waals surface area (Å²) in [6.07, 6.45) is 0.292. The van der Waals surface area contributed by atoms with Crippen LogP contribution in [-0.4, -0.2) is 32.8 Å². The summed E-state index contributed by atoms with van der Waals surface area (Å²) in [7, 11) is -3.65. The molecule has 0 fully saturated rings. The minimum absolute atomic E-state index is 0.0516. The maximum Gasteiger partial charge on any atom is 0.408 e. The van der Waals surface area contributed by atoms with Gasteiger partial charge in [0.05, 0.1) is 6.26 Å². The smallest absolute Gasteiger partial charge is 0.408 e. The lowest BCUT2D eigenvalue weighted by Crippen LogP contribution is -2.43. The Kier molecular flexibility index (Phi) is 8.64. The molecule has 0 spiro atoms. The SMILES string of the molecule is CS(=O)(=O)Oc1ccc(C[C@H](NC(=O)OCc2ccccc2)C(=O)OCc2ccccc2)cc1. The van der Waals surface area contributed by atoms with E-state index in [0.29, 0.717) is 5.56 Å². The van der Waals surface area contributed by atoms with E-state index in [1.165, 1.54) is 12.1 Å². The number of alkyl carbamates (subject to hydrolysis) is 1. The van der Waals surface area contributed by atoms with Gasteiger partial charge < -0.3 is 19.0 Å². The highest BCUT2D eigenvalue weighted by Crippen LogP contribution is 2.16. The van der Waals surface area contributed by atoms with Crippen molar-refractivity contribution in [1.29, 1.82) is 0 Å². The predicted octanol–water partition coefficient (Wildman–Crippen LogP) is 3.61. The van der Waals surface area contributed by atoms with Gasteiger partial charge in [-0.1, -0.05) is 72.8 Å². The zero-order valence-electron chi connectivity index (χ0n) is 18.5. The summed E-state index contributed by atoms with van der Waals surface area (Å²) in [6.45, 7) is 0.105. The fraction of sp³-hybridized carbons (Fsp3) is 0.200. The van der Waals surface area contributed by atoms with E-state index in [1.54, 1.807) is 12.1 Å². The van der Waals surface area contributed by atoms with Crippen LogP contribution in [0.2, 0.25) is 0 Å². The van der Waals surface area contributed by atoms with Gasteiger partial charge in [0.25, 0.3) is 0 Å². The number of benzene rings is 3. The van der Waals surface area contributed by atoms with Gasteiger partial charge in [-0.15, -0.1) is 0 Å². The number of hydrogen-bond donors (Lipinski definition) is 1. The molecule has 1 amide bonds. The second kappa shape index (κ2) is 11.9. The van der Waals surface area contributed by atoms with Crippen molar-refractivity contribution in [2.45, 2.75) is 25.7 Å². The van der Waals surface area contributed by atoms with Crippen molar-refractivity contribution >= 4 is 22.2 Å². The molecular formula is C25H25NO7S. The van der Waals surface area contributed by atoms with Crippen molar-refractivity contribution in [3.63, 3.8) is 0 Å². The Hall–Kier alpha value is -3.85. The maximum atomic E-state index is 12.8. The molecule has 0 aliphatic rings. The minimum atomic E-state index is -3.65. The Labute approximate surface area is 198 Å². The van der Waals surface area contributed by atoms with Crippen LogP contribution >= 0.6 is 0 Å². The van der Waals surface area contributed by atoms with Crippen LogP contribution in [0.4, 0.5) is 4.79 Å². The molecule has 0 bridgehead atoms. The first-order valence-electron chi connectivity index (χ1n) is 10.4. The highest BCUT2D eigenvalue weighted by atomic mass is 32.2. The third-order valence-electron chi connectivity index (χ3n) is 4.62. The molecule has 0 radical (unpaired) electrons. The van der Waals surface area contributed by atoms with Crippen molar-refractivity contribution in [2.75, 3.05) is 6.26 Å². The molecule has 0 saturated heterocycles. The fourth-order valence-electron chi connectivity index (χ4n) is 3.02. The molecule has 0 aliphatic carbocycles. The number of rotatable bonds is 10. The molecule has 3 rings (SSSR count). The lowest BCUT2D eigenvalue weighted by molar-refractivity contribution is -0.147. The maximum absolute atomic E-state index is 12.8. The van der Waals surface area contributed by atoms with Gasteiger partial charge in [-0.25, -0.2) is 9.59 Å². The molecule has 0 saturated carbocycles. The van der Waals surface area contributed by atoms with Gasteiger partial charge >= 0.3 is 22.2 Å². The molecule has 34 heavy (non-hydrogen) atoms. The fourth-order valence-corrected chi connectivity index (χ4v) is 3.48. The molecule has 0 aliphatic heterocycles. The predicted molar refractivity (Wildman–Crippen MR) is 125 cm³/mol. The number of amides is 1. The first-order valence-corrected chi connectivity index (χ1v) is 12.3. The molecule has 178 valence electrons. The lowest BCUT2D eigenvalue weighted by Gasteiger charge is -2.18. The van der Waals surface area contributed by atoms with E-state index in [1.807, 2.05) is 60.7 Å². The van der Waals surface area contributed by atoms with Crippen molar-refractivity contribution in [2.24, 2.45) is 0 Å². The van der Waals surface area contributed by atoms with E-state index >= 15 is 0 Å². The van der Waals surface area contributed by atoms with Crippen molar-refractivity contribution < 1.29 is 31.7 Å². The normalized spacial score (nSPS) is 11.8. The van der Waals surface area contributed by atoms with Crippen LogP contribution in [0.1, 0.15) is 16.7 Å². The van der Waals surface area contributed by atoms with Crippen LogP contribution < -0.4 is 9.50 Å². The number of hydrogen-bond acceptors (Lipinski definition) is 7. The van der Waals surface area contributed by atoms with Gasteiger partial charge in [0, 0.05) is 6.42 Å². The third-order valence-corrected chi connectivity index (χ3v) is 5.12. The Morgan fingerprint density at radius 1 is 0.765 bits per heavy atom. The Morgan fingerprint density at radius 3 is 1.82 bits per heavy atom. The Bertz CT molecular complexity index is 1180. The Morgan fingerprint density at radius 2 is 1.29 bits per heavy atom. The summed E-state index contributed by atoms with van der Waals surface area (Å²) >= 11 is 0. The molecule has 0 heterocycles. The topological polar surface area (TPSA) is 108 Å². The molecule has 3 aromatic carbocycles. The molecule has 1 atom stereocenters. The molecular weight excluding hydrogens is 458 g/mol. The molecule has 9 heteroatoms. The van der Waals surface area contributed by atoms with Crippen LogP contribution in [-0.2, 0) is 44.0 Å². The molecule has 3 aromatic rings. The monoisotopic (exact) mass is 483 g/mol. The van der Waals surface area contributed by atoms with Gasteiger partial charge in [0.2, 0.25) is 0 Å². The highest BCUT2D eigenvalue weighted by Gasteiger charge is 2.24. The van der Waals surface area contributed by atoms with Crippen molar-refractivity contribution in [3.8, 4) is 5.75 Å². The van der Waals surface area contributed by atoms with E-state index in [0.717, 1.165) is 17.4 Å². The van der Waals surface area contributed by atoms with Gasteiger partial charge in [0.1, 0.15) is 25.0 Å². The summed E-state index contributed by atoms with van der Waals surface area (Å²) in [5.41, 5.74) is 2.27. The van der Waals surface area contributed by atoms with E-state index in [2.05, 4.69) is 5.32 Å². The average molecular weight is 484 g/mol. The quantitative estimate of drug-likeness (QED) is 0.347. The van der Waals surface area contributed by atoms with E-state index in [-0.39, 0.29) is 25.4 Å². The summed E-state index contributed by atoms with van der Waals surface area (Å²) < 4.78 is 38.0. The van der Waals surface area contributed by atoms with Crippen LogP contribution in [0.5, 0.6) is 5.75 Å². The second-order valence-electron chi connectivity index (χ2n) is 7.49. The van der Waals surface area contributed by atoms with Crippen LogP contribution in [0, 0.1) is 0 Å². The lowest BCUT2D eigenvalue weighted by atomic mass is 10.1. The zero-order chi connectivity index (χ0) is 24.4. The van der Waals surface area contributed by atoms with Gasteiger partial charge in [0.15, 0.2) is 0 Å². The second-order valence-corrected chi connectivity index (χ2v) is 9.06. The van der Waals surface area contributed by atoms with Crippen molar-refractivity contribution in [3.05, 3.63) is 102 Å². The first kappa shape index (κ1) is 24.8. The summed E-state index contributed by atoms with van der Waals surface area (Å²) in [5.74, 6) is -0.485. The largest absolute Gasteiger partial charge is 0.459 e. The minimum Gasteiger partial charge on any atom is -0.459 e. The zero-order valence-corrected chi connectivity index (χ0v) is 19.4. The Balaban J connectivity index is 1.66. The van der Waals surface area contributed by atoms with E-state index in [4.69, 9.17) is 13.7 Å². The van der Waals surface area contributed by atoms with Crippen LogP contribution in [0.25, 0.3) is 0 Å². The summed E-state index contributed by atoms with van der Waals surface area (Å²) in [4.78, 5) is 25.2. The number of carbonyl (C=O) groups is 2. The molecule has 0 aromatic heterocycles. The number of ether oxygens (including phenoxy) is 2. The summed E-state index contributed by atoms with van der Waals surface area (Å²) in [6, 6.07) is 23.5. The summed E-state index contributed by atoms with van der Waals surface area (Å²) in [5, 5.41) is 2.56. The van der Waals surface area contributed by atoms with Gasteiger partial charge in [-0.05, 0) is 28.8 Å². The molecule has 0 unspecified atom stereocenters. The highest BCUT2D eigenvalue weighted by molar-refractivity contribution is 7.86. The number of carbonyl (C=O) groups excluding carboxylic acids is 2. The van der Waals surface area contributed by atoms with E-state index < -0.39 is 28.2 Å². The average Bonchev–Trinajstić information content (AvgIpc) is 2.82.